The summed E-state index contributed by atoms with van der Waals surface area (Å²) in [6.07, 6.45) is -1.04. The molecule has 6 N–H and O–H groups in total. The van der Waals surface area contributed by atoms with E-state index < -0.39 is 71.7 Å². The third kappa shape index (κ3) is 10.8. The molecule has 2 aliphatic heterocycles. The van der Waals surface area contributed by atoms with Gasteiger partial charge in [-0.15, -0.1) is 0 Å². The molecule has 2 bridgehead atoms. The molecule has 3 aromatic rings. The molecule has 2 heterocycles. The number of hydrogen-bond acceptors (Lipinski definition) is 8. The fourth-order valence-electron chi connectivity index (χ4n) is 5.57. The Hall–Kier alpha value is -5.81. The van der Waals surface area contributed by atoms with Crippen molar-refractivity contribution >= 4 is 29.5 Å². The number of hydrogen-bond donors (Lipinski definition) is 6. The summed E-state index contributed by atoms with van der Waals surface area (Å²) in [5, 5.41) is 32.9. The maximum Gasteiger partial charge on any atom is 0.252 e. The van der Waals surface area contributed by atoms with Crippen LogP contribution in [0.5, 0.6) is 5.75 Å². The molecule has 0 spiro atoms. The first-order valence-corrected chi connectivity index (χ1v) is 16.9. The molecule has 0 aliphatic carbocycles. The second kappa shape index (κ2) is 17.9. The van der Waals surface area contributed by atoms with Gasteiger partial charge in [-0.1, -0.05) is 56.3 Å². The SMILES string of the molecule is CC(C)[C@H]1NC(=O)[C@H]([C@@H](C)O)NC(=O)[C@@H](C)NC(=O)[C@@H](NC(=O)c2cc(F)cc(C#N)c2)Cc2ccc(cc2)OC[C@H](Cc2ccccc2)NC1=O. The van der Waals surface area contributed by atoms with E-state index in [4.69, 9.17) is 4.74 Å². The van der Waals surface area contributed by atoms with Crippen LogP contribution in [0.4, 0.5) is 4.39 Å². The maximum atomic E-state index is 14.2. The Morgan fingerprint density at radius 2 is 1.56 bits per heavy atom. The van der Waals surface area contributed by atoms with Crippen molar-refractivity contribution in [2.45, 2.75) is 76.8 Å². The molecule has 5 rings (SSSR count). The van der Waals surface area contributed by atoms with Crippen molar-refractivity contribution < 1.29 is 38.2 Å². The molecule has 0 fully saturated rings. The minimum Gasteiger partial charge on any atom is -0.491 e. The molecule has 0 aromatic heterocycles. The Bertz CT molecular complexity index is 1800. The molecule has 3 aromatic carbocycles. The maximum absolute atomic E-state index is 14.2. The normalized spacial score (nSPS) is 22.5. The van der Waals surface area contributed by atoms with E-state index in [1.54, 1.807) is 44.2 Å². The van der Waals surface area contributed by atoms with Crippen molar-refractivity contribution in [3.63, 3.8) is 0 Å². The molecule has 0 saturated heterocycles. The lowest BCUT2D eigenvalue weighted by Gasteiger charge is -2.29. The molecule has 0 unspecified atom stereocenters. The van der Waals surface area contributed by atoms with Crippen LogP contribution >= 0.6 is 0 Å². The van der Waals surface area contributed by atoms with Gasteiger partial charge in [0.05, 0.1) is 23.8 Å². The molecule has 0 radical (unpaired) electrons. The van der Waals surface area contributed by atoms with E-state index in [0.717, 1.165) is 17.7 Å². The van der Waals surface area contributed by atoms with Gasteiger partial charge in [0.1, 0.15) is 42.3 Å². The van der Waals surface area contributed by atoms with Crippen molar-refractivity contribution in [2.75, 3.05) is 6.61 Å². The number of fused-ring (bicyclic) bond motifs is 17. The highest BCUT2D eigenvalue weighted by molar-refractivity contribution is 5.99. The molecular weight excluding hydrogens is 671 g/mol. The van der Waals surface area contributed by atoms with Crippen LogP contribution in [0.25, 0.3) is 0 Å². The fourth-order valence-corrected chi connectivity index (χ4v) is 5.57. The molecule has 2 aliphatic rings. The molecule has 52 heavy (non-hydrogen) atoms. The van der Waals surface area contributed by atoms with Gasteiger partial charge in [-0.05, 0) is 67.6 Å². The second-order valence-electron chi connectivity index (χ2n) is 13.1. The average molecular weight is 715 g/mol. The third-order valence-electron chi connectivity index (χ3n) is 8.46. The minimum absolute atomic E-state index is 0.0579. The van der Waals surface area contributed by atoms with Crippen LogP contribution in [-0.2, 0) is 32.0 Å². The average Bonchev–Trinajstić information content (AvgIpc) is 3.11. The summed E-state index contributed by atoms with van der Waals surface area (Å²) < 4.78 is 20.2. The summed E-state index contributed by atoms with van der Waals surface area (Å²) in [4.78, 5) is 67.2. The molecule has 274 valence electrons. The standard InChI is InChI=1S/C38H43FN6O7/c1-21(2)32-37(50)42-29(16-24-8-6-5-7-9-24)20-52-30-12-10-25(11-13-30)17-31(43-35(48)27-14-26(19-40)15-28(39)18-27)36(49)41-22(3)34(47)45-33(23(4)46)38(51)44-32/h5-15,18,21-23,29,31-33,46H,16-17,20H2,1-4H3,(H,41,49)(H,42,50)(H,43,48)(H,44,51)(H,45,47)/t22-,23-,29+,31+,32-,33+/m1/s1. The number of carbonyl (C=O) groups is 5. The molecule has 14 heteroatoms. The Morgan fingerprint density at radius 1 is 0.904 bits per heavy atom. The number of nitriles is 1. The number of benzene rings is 3. The van der Waals surface area contributed by atoms with Crippen LogP contribution in [0.2, 0.25) is 0 Å². The first-order chi connectivity index (χ1) is 24.7. The number of rotatable bonds is 6. The number of nitrogens with one attached hydrogen (secondary N) is 5. The van der Waals surface area contributed by atoms with E-state index in [9.17, 15) is 38.7 Å². The van der Waals surface area contributed by atoms with Crippen LogP contribution in [0.15, 0.2) is 72.8 Å². The lowest BCUT2D eigenvalue weighted by Crippen LogP contribution is -2.61. The molecule has 6 atom stereocenters. The minimum atomic E-state index is -1.49. The monoisotopic (exact) mass is 714 g/mol. The largest absolute Gasteiger partial charge is 0.491 e. The fraction of sp³-hybridized carbons (Fsp3) is 0.368. The smallest absolute Gasteiger partial charge is 0.252 e. The second-order valence-corrected chi connectivity index (χ2v) is 13.1. The number of nitrogens with zero attached hydrogens (tertiary/aromatic N) is 1. The molecule has 5 amide bonds. The van der Waals surface area contributed by atoms with E-state index in [1.807, 2.05) is 30.3 Å². The number of ether oxygens (including phenoxy) is 1. The van der Waals surface area contributed by atoms with Crippen molar-refractivity contribution in [2.24, 2.45) is 5.92 Å². The summed E-state index contributed by atoms with van der Waals surface area (Å²) in [5.74, 6) is -4.48. The van der Waals surface area contributed by atoms with Crippen LogP contribution in [0, 0.1) is 23.1 Å². The first-order valence-electron chi connectivity index (χ1n) is 16.9. The van der Waals surface area contributed by atoms with E-state index in [2.05, 4.69) is 26.6 Å². The van der Waals surface area contributed by atoms with Gasteiger partial charge >= 0.3 is 0 Å². The van der Waals surface area contributed by atoms with Gasteiger partial charge in [-0.2, -0.15) is 5.26 Å². The van der Waals surface area contributed by atoms with Crippen molar-refractivity contribution in [3.8, 4) is 11.8 Å². The van der Waals surface area contributed by atoms with Gasteiger partial charge < -0.3 is 36.4 Å². The Balaban J connectivity index is 1.67. The summed E-state index contributed by atoms with van der Waals surface area (Å²) in [5.41, 5.74) is 1.25. The zero-order chi connectivity index (χ0) is 37.9. The number of aliphatic hydroxyl groups is 1. The van der Waals surface area contributed by atoms with Crippen LogP contribution < -0.4 is 31.3 Å². The molecular formula is C38H43FN6O7. The van der Waals surface area contributed by atoms with E-state index in [1.165, 1.54) is 19.9 Å². The molecule has 13 nitrogen and oxygen atoms in total. The van der Waals surface area contributed by atoms with Crippen LogP contribution in [-0.4, -0.2) is 77.6 Å². The Labute approximate surface area is 301 Å². The van der Waals surface area contributed by atoms with Crippen molar-refractivity contribution in [1.82, 2.24) is 26.6 Å². The summed E-state index contributed by atoms with van der Waals surface area (Å²) in [7, 11) is 0. The summed E-state index contributed by atoms with van der Waals surface area (Å²) in [6, 6.07) is 15.4. The van der Waals surface area contributed by atoms with Crippen LogP contribution in [0.1, 0.15) is 54.7 Å². The van der Waals surface area contributed by atoms with Crippen molar-refractivity contribution in [1.29, 1.82) is 5.26 Å². The number of carbonyl (C=O) groups excluding carboxylic acids is 5. The van der Waals surface area contributed by atoms with Gasteiger partial charge in [0.2, 0.25) is 23.6 Å². The van der Waals surface area contributed by atoms with Gasteiger partial charge in [-0.3, -0.25) is 24.0 Å². The first kappa shape index (κ1) is 39.0. The van der Waals surface area contributed by atoms with Crippen LogP contribution in [0.3, 0.4) is 0 Å². The number of aliphatic hydroxyl groups excluding tert-OH is 1. The lowest BCUT2D eigenvalue weighted by molar-refractivity contribution is -0.136. The highest BCUT2D eigenvalue weighted by Gasteiger charge is 2.34. The van der Waals surface area contributed by atoms with Gasteiger partial charge in [0.25, 0.3) is 5.91 Å². The topological polar surface area (TPSA) is 199 Å². The van der Waals surface area contributed by atoms with Gasteiger partial charge in [0.15, 0.2) is 0 Å². The quantitative estimate of drug-likeness (QED) is 0.207. The zero-order valence-electron chi connectivity index (χ0n) is 29.3. The van der Waals surface area contributed by atoms with Gasteiger partial charge in [-0.25, -0.2) is 4.39 Å². The zero-order valence-corrected chi connectivity index (χ0v) is 29.3. The van der Waals surface area contributed by atoms with E-state index in [0.29, 0.717) is 17.7 Å². The predicted octanol–water partition coefficient (Wildman–Crippen LogP) is 1.67. The summed E-state index contributed by atoms with van der Waals surface area (Å²) in [6.45, 7) is 6.19. The Morgan fingerprint density at radius 3 is 2.19 bits per heavy atom. The highest BCUT2D eigenvalue weighted by atomic mass is 19.1. The predicted molar refractivity (Wildman–Crippen MR) is 188 cm³/mol. The number of amides is 5. The van der Waals surface area contributed by atoms with Crippen molar-refractivity contribution in [3.05, 3.63) is 101 Å². The Kier molecular flexibility index (Phi) is 13.4. The van der Waals surface area contributed by atoms with Gasteiger partial charge in [0, 0.05) is 12.0 Å². The lowest BCUT2D eigenvalue weighted by atomic mass is 10.0. The van der Waals surface area contributed by atoms with E-state index >= 15 is 0 Å². The van der Waals surface area contributed by atoms with E-state index in [-0.39, 0.29) is 30.1 Å². The molecule has 0 saturated carbocycles. The summed E-state index contributed by atoms with van der Waals surface area (Å²) >= 11 is 0. The highest BCUT2D eigenvalue weighted by Crippen LogP contribution is 2.17. The number of halogens is 1. The third-order valence-corrected chi connectivity index (χ3v) is 8.46.